The normalized spacial score (nSPS) is 13.8. The zero-order valence-electron chi connectivity index (χ0n) is 27.8. The van der Waals surface area contributed by atoms with E-state index in [1.165, 1.54) is 51.4 Å². The van der Waals surface area contributed by atoms with Gasteiger partial charge in [0.25, 0.3) is 0 Å². The molecule has 1 N–H and O–H groups in total. The van der Waals surface area contributed by atoms with Gasteiger partial charge in [-0.25, -0.2) is 8.42 Å². The molecule has 0 fully saturated rings. The summed E-state index contributed by atoms with van der Waals surface area (Å²) in [6, 6.07) is 4.22. The molecule has 0 bridgehead atoms. The van der Waals surface area contributed by atoms with Crippen LogP contribution in [0.4, 0.5) is 5.69 Å². The van der Waals surface area contributed by atoms with E-state index in [2.05, 4.69) is 86.1 Å². The number of hydrogen-bond acceptors (Lipinski definition) is 4. The highest BCUT2D eigenvalue weighted by Crippen LogP contribution is 2.41. The van der Waals surface area contributed by atoms with E-state index in [9.17, 15) is 13.2 Å². The maximum Gasteiger partial charge on any atom is 0.323 e. The number of benzene rings is 1. The fourth-order valence-electron chi connectivity index (χ4n) is 4.95. The van der Waals surface area contributed by atoms with Crippen LogP contribution in [0.2, 0.25) is 0 Å². The van der Waals surface area contributed by atoms with Crippen molar-refractivity contribution in [1.29, 1.82) is 0 Å². The number of esters is 1. The molecule has 232 valence electrons. The third-order valence-electron chi connectivity index (χ3n) is 7.48. The lowest BCUT2D eigenvalue weighted by atomic mass is 9.74. The summed E-state index contributed by atoms with van der Waals surface area (Å²) in [4.78, 5) is 12.6. The minimum Gasteiger partial charge on any atom is -0.462 e. The van der Waals surface area contributed by atoms with Crippen LogP contribution in [0.3, 0.4) is 0 Å². The molecular weight excluding hydrogens is 518 g/mol. The quantitative estimate of drug-likeness (QED) is 0.156. The van der Waals surface area contributed by atoms with Crippen LogP contribution in [0, 0.1) is 0 Å². The highest BCUT2D eigenvalue weighted by Gasteiger charge is 2.31. The molecule has 0 heterocycles. The molecule has 1 rings (SSSR count). The second-order valence-electron chi connectivity index (χ2n) is 14.8. The standard InChI is InChI=1S/C34H61NO4S/c1-12-13-14-15-16-17-18-19-20-21-22-26(2)39-30(36)25-40(37,38)35-31-28(33(6,7)8)23-27(32(3,4)5)24-29(31)34(9,10)11/h23-24,26,35H,12-22,25H2,1-11H3. The van der Waals surface area contributed by atoms with Crippen molar-refractivity contribution < 1.29 is 17.9 Å². The number of hydrogen-bond donors (Lipinski definition) is 1. The molecule has 0 saturated carbocycles. The number of anilines is 1. The predicted octanol–water partition coefficient (Wildman–Crippen LogP) is 9.56. The fourth-order valence-corrected chi connectivity index (χ4v) is 5.93. The Labute approximate surface area is 247 Å². The zero-order valence-corrected chi connectivity index (χ0v) is 28.6. The summed E-state index contributed by atoms with van der Waals surface area (Å²) >= 11 is 0. The lowest BCUT2D eigenvalue weighted by Crippen LogP contribution is -2.30. The minimum absolute atomic E-state index is 0.0917. The Morgan fingerprint density at radius 3 is 1.57 bits per heavy atom. The van der Waals surface area contributed by atoms with E-state index in [1.54, 1.807) is 0 Å². The van der Waals surface area contributed by atoms with Gasteiger partial charge in [0.1, 0.15) is 0 Å². The molecule has 0 aromatic heterocycles. The van der Waals surface area contributed by atoms with Gasteiger partial charge in [-0.1, -0.05) is 139 Å². The average molecular weight is 580 g/mol. The van der Waals surface area contributed by atoms with Crippen LogP contribution in [0.5, 0.6) is 0 Å². The molecule has 0 aliphatic rings. The number of rotatable bonds is 16. The first-order chi connectivity index (χ1) is 18.3. The Bertz CT molecular complexity index is 988. The first-order valence-corrected chi connectivity index (χ1v) is 17.3. The van der Waals surface area contributed by atoms with Crippen LogP contribution < -0.4 is 4.72 Å². The molecule has 1 unspecified atom stereocenters. The smallest absolute Gasteiger partial charge is 0.323 e. The summed E-state index contributed by atoms with van der Waals surface area (Å²) in [5.74, 6) is -1.39. The Hall–Kier alpha value is -1.56. The second kappa shape index (κ2) is 15.6. The average Bonchev–Trinajstić information content (AvgIpc) is 2.77. The zero-order chi connectivity index (χ0) is 30.8. The molecule has 1 aromatic carbocycles. The number of carbonyl (C=O) groups excluding carboxylic acids is 1. The van der Waals surface area contributed by atoms with Crippen molar-refractivity contribution in [3.05, 3.63) is 28.8 Å². The van der Waals surface area contributed by atoms with Crippen molar-refractivity contribution >= 4 is 21.7 Å². The molecule has 0 radical (unpaired) electrons. The van der Waals surface area contributed by atoms with E-state index in [0.717, 1.165) is 36.0 Å². The lowest BCUT2D eigenvalue weighted by Gasteiger charge is -2.33. The van der Waals surface area contributed by atoms with E-state index < -0.39 is 21.7 Å². The first kappa shape index (κ1) is 36.5. The Morgan fingerprint density at radius 2 is 1.18 bits per heavy atom. The Morgan fingerprint density at radius 1 is 0.750 bits per heavy atom. The topological polar surface area (TPSA) is 72.5 Å². The minimum atomic E-state index is -3.96. The van der Waals surface area contributed by atoms with Crippen molar-refractivity contribution in [1.82, 2.24) is 0 Å². The van der Waals surface area contributed by atoms with E-state index in [1.807, 2.05) is 6.92 Å². The van der Waals surface area contributed by atoms with Gasteiger partial charge >= 0.3 is 5.97 Å². The van der Waals surface area contributed by atoms with Gasteiger partial charge in [-0.15, -0.1) is 0 Å². The highest BCUT2D eigenvalue weighted by molar-refractivity contribution is 7.93. The van der Waals surface area contributed by atoms with Gasteiger partial charge in [-0.3, -0.25) is 9.52 Å². The van der Waals surface area contributed by atoms with Crippen LogP contribution in [0.15, 0.2) is 12.1 Å². The van der Waals surface area contributed by atoms with Gasteiger partial charge in [0, 0.05) is 0 Å². The van der Waals surface area contributed by atoms with Crippen LogP contribution in [0.1, 0.15) is 163 Å². The molecule has 1 aromatic rings. The maximum atomic E-state index is 13.3. The highest BCUT2D eigenvalue weighted by atomic mass is 32.2. The number of nitrogens with one attached hydrogen (secondary N) is 1. The SMILES string of the molecule is CCCCCCCCCCCCC(C)OC(=O)CS(=O)(=O)Nc1c(C(C)(C)C)cc(C(C)(C)C)cc1C(C)(C)C. The molecule has 5 nitrogen and oxygen atoms in total. The summed E-state index contributed by atoms with van der Waals surface area (Å²) in [6.45, 7) is 23.1. The van der Waals surface area contributed by atoms with Crippen molar-refractivity contribution in [2.24, 2.45) is 0 Å². The summed E-state index contributed by atoms with van der Waals surface area (Å²) < 4.78 is 34.8. The van der Waals surface area contributed by atoms with Crippen molar-refractivity contribution in [2.45, 2.75) is 169 Å². The molecule has 1 atom stereocenters. The van der Waals surface area contributed by atoms with Gasteiger partial charge in [-0.05, 0) is 52.7 Å². The molecule has 6 heteroatoms. The molecule has 0 saturated heterocycles. The van der Waals surface area contributed by atoms with E-state index in [-0.39, 0.29) is 22.3 Å². The number of unbranched alkanes of at least 4 members (excludes halogenated alkanes) is 9. The van der Waals surface area contributed by atoms with Gasteiger partial charge in [0.05, 0.1) is 11.8 Å². The number of carbonyl (C=O) groups is 1. The second-order valence-corrected chi connectivity index (χ2v) is 16.6. The van der Waals surface area contributed by atoms with Gasteiger partial charge < -0.3 is 4.74 Å². The Balaban J connectivity index is 2.81. The lowest BCUT2D eigenvalue weighted by molar-refractivity contribution is -0.145. The summed E-state index contributed by atoms with van der Waals surface area (Å²) in [5.41, 5.74) is 2.90. The molecular formula is C34H61NO4S. The predicted molar refractivity (Wildman–Crippen MR) is 172 cm³/mol. The van der Waals surface area contributed by atoms with Gasteiger partial charge in [0.15, 0.2) is 5.75 Å². The molecule has 40 heavy (non-hydrogen) atoms. The largest absolute Gasteiger partial charge is 0.462 e. The van der Waals surface area contributed by atoms with Crippen LogP contribution in [-0.2, 0) is 35.8 Å². The summed E-state index contributed by atoms with van der Waals surface area (Å²) in [6.07, 6.45) is 13.0. The first-order valence-electron chi connectivity index (χ1n) is 15.7. The molecule has 0 spiro atoms. The molecule has 0 aliphatic heterocycles. The van der Waals surface area contributed by atoms with E-state index in [4.69, 9.17) is 4.74 Å². The van der Waals surface area contributed by atoms with Gasteiger partial charge in [-0.2, -0.15) is 0 Å². The monoisotopic (exact) mass is 579 g/mol. The molecule has 0 amide bonds. The van der Waals surface area contributed by atoms with Crippen molar-refractivity contribution in [2.75, 3.05) is 10.5 Å². The maximum absolute atomic E-state index is 13.3. The Kier molecular flexibility index (Phi) is 14.2. The third-order valence-corrected chi connectivity index (χ3v) is 8.61. The van der Waals surface area contributed by atoms with Crippen molar-refractivity contribution in [3.63, 3.8) is 0 Å². The van der Waals surface area contributed by atoms with E-state index >= 15 is 0 Å². The number of ether oxygens (including phenoxy) is 1. The third kappa shape index (κ3) is 13.4. The van der Waals surface area contributed by atoms with Crippen molar-refractivity contribution in [3.8, 4) is 0 Å². The number of sulfonamides is 1. The van der Waals surface area contributed by atoms with E-state index in [0.29, 0.717) is 5.69 Å². The van der Waals surface area contributed by atoms with Gasteiger partial charge in [0.2, 0.25) is 10.0 Å². The fraction of sp³-hybridized carbons (Fsp3) is 0.794. The summed E-state index contributed by atoms with van der Waals surface area (Å²) in [7, 11) is -3.96. The van der Waals surface area contributed by atoms with Crippen LogP contribution >= 0.6 is 0 Å². The van der Waals surface area contributed by atoms with Crippen LogP contribution in [-0.4, -0.2) is 26.2 Å². The van der Waals surface area contributed by atoms with Crippen LogP contribution in [0.25, 0.3) is 0 Å². The summed E-state index contributed by atoms with van der Waals surface area (Å²) in [5, 5.41) is 0. The molecule has 0 aliphatic carbocycles.